The van der Waals surface area contributed by atoms with E-state index in [9.17, 15) is 9.90 Å². The molecule has 8 heteroatoms. The number of benzene rings is 2. The van der Waals surface area contributed by atoms with Gasteiger partial charge < -0.3 is 9.84 Å². The zero-order valence-corrected chi connectivity index (χ0v) is 20.7. The number of aromatic nitrogens is 3. The van der Waals surface area contributed by atoms with Crippen molar-refractivity contribution in [3.8, 4) is 22.9 Å². The van der Waals surface area contributed by atoms with Gasteiger partial charge in [-0.25, -0.2) is 9.88 Å². The third kappa shape index (κ3) is 4.87. The normalized spacial score (nSPS) is 14.4. The Morgan fingerprint density at radius 1 is 1.12 bits per heavy atom. The summed E-state index contributed by atoms with van der Waals surface area (Å²) < 4.78 is 7.40. The van der Waals surface area contributed by atoms with E-state index in [1.54, 1.807) is 9.58 Å². The van der Waals surface area contributed by atoms with Crippen LogP contribution in [0.2, 0.25) is 0 Å². The molecule has 0 fully saturated rings. The lowest BCUT2D eigenvalue weighted by molar-refractivity contribution is -0.764. The number of hydrogen-bond donors (Lipinski definition) is 0. The summed E-state index contributed by atoms with van der Waals surface area (Å²) in [6.07, 6.45) is 3.59. The van der Waals surface area contributed by atoms with E-state index in [0.29, 0.717) is 28.7 Å². The Kier molecular flexibility index (Phi) is 7.67. The summed E-state index contributed by atoms with van der Waals surface area (Å²) >= 11 is 1.48. The zero-order valence-electron chi connectivity index (χ0n) is 19.9. The molecule has 0 radical (unpaired) electrons. The highest BCUT2D eigenvalue weighted by Crippen LogP contribution is 2.41. The molecule has 2 heterocycles. The van der Waals surface area contributed by atoms with E-state index >= 15 is 0 Å². The van der Waals surface area contributed by atoms with Gasteiger partial charge in [-0.05, 0) is 49.2 Å². The van der Waals surface area contributed by atoms with Gasteiger partial charge in [-0.15, -0.1) is 0 Å². The van der Waals surface area contributed by atoms with Crippen molar-refractivity contribution in [2.24, 2.45) is 0 Å². The molecule has 0 N–H and O–H groups in total. The summed E-state index contributed by atoms with van der Waals surface area (Å²) in [7, 11) is 0. The maximum atomic E-state index is 13.3. The van der Waals surface area contributed by atoms with Crippen molar-refractivity contribution in [2.45, 2.75) is 57.8 Å². The Balaban J connectivity index is 1.83. The molecule has 0 aliphatic carbocycles. The van der Waals surface area contributed by atoms with E-state index in [1.165, 1.54) is 18.7 Å². The number of unbranched alkanes of at least 4 members (excludes halogenated alkanes) is 2. The molecule has 1 aliphatic heterocycles. The Morgan fingerprint density at radius 3 is 2.59 bits per heavy atom. The average molecular weight is 479 g/mol. The van der Waals surface area contributed by atoms with E-state index in [-0.39, 0.29) is 11.8 Å². The molecular weight excluding hydrogens is 448 g/mol. The smallest absolute Gasteiger partial charge is 0.293 e. The first-order chi connectivity index (χ1) is 16.5. The van der Waals surface area contributed by atoms with Crippen molar-refractivity contribution in [3.05, 3.63) is 54.1 Å². The van der Waals surface area contributed by atoms with Gasteiger partial charge in [-0.1, -0.05) is 55.3 Å². The summed E-state index contributed by atoms with van der Waals surface area (Å²) in [4.78, 5) is 18.9. The Bertz CT molecular complexity index is 1150. The van der Waals surface area contributed by atoms with E-state index in [2.05, 4.69) is 18.8 Å². The van der Waals surface area contributed by atoms with Crippen LogP contribution in [-0.2, 0) is 4.79 Å². The number of hydrogen-bond acceptors (Lipinski definition) is 6. The highest BCUT2D eigenvalue weighted by molar-refractivity contribution is 7.99. The molecule has 7 nitrogen and oxygen atoms in total. The molecule has 0 bridgehead atoms. The van der Waals surface area contributed by atoms with E-state index in [1.807, 2.05) is 48.5 Å². The lowest BCUT2D eigenvalue weighted by Gasteiger charge is -2.32. The lowest BCUT2D eigenvalue weighted by Crippen LogP contribution is -2.58. The second kappa shape index (κ2) is 10.9. The minimum absolute atomic E-state index is 0.134. The highest BCUT2D eigenvalue weighted by Gasteiger charge is 2.43. The Hall–Kier alpha value is -3.13. The second-order valence-electron chi connectivity index (χ2n) is 8.25. The summed E-state index contributed by atoms with van der Waals surface area (Å²) in [5, 5.41) is 18.5. The van der Waals surface area contributed by atoms with Crippen molar-refractivity contribution in [1.82, 2.24) is 10.1 Å². The number of carbonyl (C=O) groups is 1. The maximum Gasteiger partial charge on any atom is 0.293 e. The van der Waals surface area contributed by atoms with Crippen LogP contribution in [-0.4, -0.2) is 28.3 Å². The van der Waals surface area contributed by atoms with Crippen LogP contribution in [0.5, 0.6) is 11.6 Å². The van der Waals surface area contributed by atoms with Gasteiger partial charge in [0.15, 0.2) is 0 Å². The first kappa shape index (κ1) is 24.0. The minimum atomic E-state index is -0.603. The number of fused-ring (bicyclic) bond motifs is 3. The number of carbonyl (C=O) groups excluding carboxylic acids is 1. The molecule has 3 aromatic rings. The molecule has 1 unspecified atom stereocenters. The molecule has 1 atom stereocenters. The third-order valence-corrected chi connectivity index (χ3v) is 6.61. The SMILES string of the molecule is CCCCCSc1nc([O-])c2[n+](n1)C(c1ccc(OCCC)cc1)N(C(C)=O)c1ccccc1-2. The number of thioether (sulfide) groups is 1. The monoisotopic (exact) mass is 478 g/mol. The highest BCUT2D eigenvalue weighted by atomic mass is 32.2. The van der Waals surface area contributed by atoms with Crippen molar-refractivity contribution >= 4 is 23.4 Å². The van der Waals surface area contributed by atoms with E-state index in [4.69, 9.17) is 9.84 Å². The molecule has 0 spiro atoms. The predicted molar refractivity (Wildman–Crippen MR) is 131 cm³/mol. The molecule has 178 valence electrons. The minimum Gasteiger partial charge on any atom is -0.854 e. The van der Waals surface area contributed by atoms with E-state index in [0.717, 1.165) is 42.7 Å². The topological polar surface area (TPSA) is 82.3 Å². The van der Waals surface area contributed by atoms with Crippen LogP contribution in [0.15, 0.2) is 53.7 Å². The van der Waals surface area contributed by atoms with Crippen molar-refractivity contribution in [1.29, 1.82) is 0 Å². The predicted octanol–water partition coefficient (Wildman–Crippen LogP) is 4.49. The fraction of sp³-hybridized carbons (Fsp3) is 0.385. The summed E-state index contributed by atoms with van der Waals surface area (Å²) in [5.74, 6) is 1.13. The Morgan fingerprint density at radius 2 is 1.88 bits per heavy atom. The van der Waals surface area contributed by atoms with Crippen LogP contribution in [0.1, 0.15) is 58.2 Å². The molecule has 0 saturated carbocycles. The number of rotatable bonds is 9. The molecule has 1 amide bonds. The van der Waals surface area contributed by atoms with Gasteiger partial charge in [0.1, 0.15) is 5.75 Å². The average Bonchev–Trinajstić information content (AvgIpc) is 2.84. The largest absolute Gasteiger partial charge is 0.854 e. The first-order valence-electron chi connectivity index (χ1n) is 11.8. The van der Waals surface area contributed by atoms with Crippen molar-refractivity contribution < 1.29 is 19.3 Å². The fourth-order valence-electron chi connectivity index (χ4n) is 4.11. The van der Waals surface area contributed by atoms with Gasteiger partial charge in [-0.2, -0.15) is 0 Å². The summed E-state index contributed by atoms with van der Waals surface area (Å²) in [6, 6.07) is 15.1. The number of para-hydroxylation sites is 1. The number of ether oxygens (including phenoxy) is 1. The van der Waals surface area contributed by atoms with Gasteiger partial charge in [0.25, 0.3) is 17.0 Å². The van der Waals surface area contributed by atoms with Crippen LogP contribution >= 0.6 is 11.8 Å². The van der Waals surface area contributed by atoms with Crippen LogP contribution in [0.25, 0.3) is 11.3 Å². The molecule has 0 saturated heterocycles. The summed E-state index contributed by atoms with van der Waals surface area (Å²) in [5.41, 5.74) is 2.56. The van der Waals surface area contributed by atoms with Gasteiger partial charge in [0.05, 0.1) is 23.7 Å². The Labute approximate surface area is 204 Å². The molecule has 34 heavy (non-hydrogen) atoms. The molecule has 4 rings (SSSR count). The number of nitrogens with zero attached hydrogens (tertiary/aromatic N) is 4. The molecule has 1 aromatic heterocycles. The van der Waals surface area contributed by atoms with Crippen LogP contribution in [0.4, 0.5) is 5.69 Å². The van der Waals surface area contributed by atoms with E-state index < -0.39 is 6.17 Å². The number of amides is 1. The molecule has 1 aliphatic rings. The van der Waals surface area contributed by atoms with Gasteiger partial charge >= 0.3 is 0 Å². The molecular formula is C26H30N4O3S. The van der Waals surface area contributed by atoms with Crippen molar-refractivity contribution in [3.63, 3.8) is 0 Å². The van der Waals surface area contributed by atoms with Gasteiger partial charge in [0.2, 0.25) is 5.91 Å². The quantitative estimate of drug-likeness (QED) is 0.256. The van der Waals surface area contributed by atoms with Gasteiger partial charge in [-0.3, -0.25) is 4.79 Å². The van der Waals surface area contributed by atoms with Crippen LogP contribution < -0.4 is 19.4 Å². The zero-order chi connectivity index (χ0) is 24.1. The first-order valence-corrected chi connectivity index (χ1v) is 12.8. The molecule has 2 aromatic carbocycles. The van der Waals surface area contributed by atoms with Gasteiger partial charge in [0, 0.05) is 23.3 Å². The number of anilines is 1. The lowest BCUT2D eigenvalue weighted by atomic mass is 10.0. The third-order valence-electron chi connectivity index (χ3n) is 5.69. The fourth-order valence-corrected chi connectivity index (χ4v) is 4.93. The summed E-state index contributed by atoms with van der Waals surface area (Å²) in [6.45, 7) is 6.39. The van der Waals surface area contributed by atoms with Crippen LogP contribution in [0, 0.1) is 0 Å². The standard InChI is InChI=1S/C26H30N4O3S/c1-4-6-9-17-34-26-27-24(32)23-21-10-7-8-11-22(21)29(18(3)31)25(30(23)28-26)19-12-14-20(15-13-19)33-16-5-2/h7-8,10-15,25H,4-6,9,16-17H2,1-3H3. The second-order valence-corrected chi connectivity index (χ2v) is 9.31. The van der Waals surface area contributed by atoms with Crippen molar-refractivity contribution in [2.75, 3.05) is 17.3 Å². The maximum absolute atomic E-state index is 13.3. The van der Waals surface area contributed by atoms with Crippen LogP contribution in [0.3, 0.4) is 0 Å².